The van der Waals surface area contributed by atoms with Gasteiger partial charge in [-0.2, -0.15) is 0 Å². The maximum atomic E-state index is 13.3. The van der Waals surface area contributed by atoms with Gasteiger partial charge < -0.3 is 19.7 Å². The normalized spacial score (nSPS) is 27.0. The van der Waals surface area contributed by atoms with Crippen molar-refractivity contribution in [3.8, 4) is 0 Å². The van der Waals surface area contributed by atoms with E-state index < -0.39 is 35.3 Å². The third kappa shape index (κ3) is 6.00. The van der Waals surface area contributed by atoms with Gasteiger partial charge in [0.05, 0.1) is 0 Å². The number of amides is 2. The molecule has 2 fully saturated rings. The highest BCUT2D eigenvalue weighted by atomic mass is 16.6. The summed E-state index contributed by atoms with van der Waals surface area (Å²) in [4.78, 5) is 42.5. The van der Waals surface area contributed by atoms with Crippen molar-refractivity contribution in [3.63, 3.8) is 0 Å². The van der Waals surface area contributed by atoms with Crippen molar-refractivity contribution in [2.24, 2.45) is 11.0 Å². The summed E-state index contributed by atoms with van der Waals surface area (Å²) in [6.45, 7) is 10.6. The van der Waals surface area contributed by atoms with Crippen molar-refractivity contribution in [3.05, 3.63) is 10.4 Å². The second-order valence-electron chi connectivity index (χ2n) is 9.56. The highest BCUT2D eigenvalue weighted by Gasteiger charge is 2.51. The van der Waals surface area contributed by atoms with Gasteiger partial charge in [-0.25, -0.2) is 9.59 Å². The van der Waals surface area contributed by atoms with Crippen LogP contribution in [-0.2, 0) is 19.1 Å². The second kappa shape index (κ2) is 8.49. The fourth-order valence-electron chi connectivity index (χ4n) is 3.83. The fourth-order valence-corrected chi connectivity index (χ4v) is 3.83. The molecule has 0 spiro atoms. The first-order valence-corrected chi connectivity index (χ1v) is 9.88. The zero-order valence-electron chi connectivity index (χ0n) is 18.0. The van der Waals surface area contributed by atoms with Crippen molar-refractivity contribution in [2.75, 3.05) is 6.54 Å². The number of fused-ring (bicyclic) bond motifs is 1. The number of esters is 1. The maximum Gasteiger partial charge on any atom is 0.408 e. The summed E-state index contributed by atoms with van der Waals surface area (Å²) in [6.07, 6.45) is 0.943. The molecule has 162 valence electrons. The van der Waals surface area contributed by atoms with E-state index in [1.165, 1.54) is 4.90 Å². The molecule has 2 saturated heterocycles. The zero-order valence-corrected chi connectivity index (χ0v) is 18.0. The number of hydrogen-bond donors (Lipinski definition) is 1. The number of hydrogen-bond acceptors (Lipinski definition) is 6. The van der Waals surface area contributed by atoms with Crippen LogP contribution >= 0.6 is 0 Å². The summed E-state index contributed by atoms with van der Waals surface area (Å²) < 4.78 is 10.8. The Morgan fingerprint density at radius 2 is 1.79 bits per heavy atom. The predicted octanol–water partition coefficient (Wildman–Crippen LogP) is 2.91. The summed E-state index contributed by atoms with van der Waals surface area (Å²) in [7, 11) is 0. The smallest absolute Gasteiger partial charge is 0.408 e. The average molecular weight is 409 g/mol. The van der Waals surface area contributed by atoms with Crippen LogP contribution in [0.2, 0.25) is 0 Å². The Hall–Kier alpha value is -2.48. The molecule has 0 bridgehead atoms. The molecule has 0 aromatic heterocycles. The topological polar surface area (TPSA) is 134 Å². The molecule has 10 heteroatoms. The van der Waals surface area contributed by atoms with E-state index in [2.05, 4.69) is 15.3 Å². The van der Waals surface area contributed by atoms with Crippen LogP contribution in [0.4, 0.5) is 4.79 Å². The number of azide groups is 1. The lowest BCUT2D eigenvalue weighted by molar-refractivity contribution is -0.166. The minimum atomic E-state index is -0.936. The Bertz CT molecular complexity index is 705. The number of carbonyl (C=O) groups excluding carboxylic acids is 3. The second-order valence-corrected chi connectivity index (χ2v) is 9.56. The van der Waals surface area contributed by atoms with Gasteiger partial charge in [-0.15, -0.1) is 0 Å². The van der Waals surface area contributed by atoms with Gasteiger partial charge in [-0.3, -0.25) is 4.79 Å². The Kier molecular flexibility index (Phi) is 6.67. The van der Waals surface area contributed by atoms with Crippen molar-refractivity contribution >= 4 is 18.0 Å². The molecule has 4 atom stereocenters. The first-order chi connectivity index (χ1) is 13.3. The highest BCUT2D eigenvalue weighted by Crippen LogP contribution is 2.36. The SMILES string of the molecule is CC(C)(C)OC(=O)N[C@H]1C(=O)N2C(CC[C@H]2C(=O)OC(C)(C)C)C[C@H]1CN=[N+]=[N-]. The van der Waals surface area contributed by atoms with E-state index >= 15 is 0 Å². The van der Waals surface area contributed by atoms with Crippen molar-refractivity contribution in [1.82, 2.24) is 10.2 Å². The van der Waals surface area contributed by atoms with Gasteiger partial charge in [0.1, 0.15) is 23.3 Å². The molecule has 1 unspecified atom stereocenters. The molecule has 0 radical (unpaired) electrons. The van der Waals surface area contributed by atoms with Crippen LogP contribution in [0.15, 0.2) is 5.11 Å². The predicted molar refractivity (Wildman–Crippen MR) is 105 cm³/mol. The molecule has 2 heterocycles. The average Bonchev–Trinajstić information content (AvgIpc) is 2.96. The van der Waals surface area contributed by atoms with Crippen LogP contribution in [0.25, 0.3) is 10.4 Å². The summed E-state index contributed by atoms with van der Waals surface area (Å²) in [5.41, 5.74) is 7.30. The van der Waals surface area contributed by atoms with Crippen molar-refractivity contribution < 1.29 is 23.9 Å². The molecule has 29 heavy (non-hydrogen) atoms. The molecular weight excluding hydrogens is 378 g/mol. The minimum Gasteiger partial charge on any atom is -0.458 e. The van der Waals surface area contributed by atoms with Crippen LogP contribution in [0.1, 0.15) is 60.8 Å². The van der Waals surface area contributed by atoms with Gasteiger partial charge >= 0.3 is 12.1 Å². The van der Waals surface area contributed by atoms with Crippen LogP contribution < -0.4 is 5.32 Å². The molecule has 1 N–H and O–H groups in total. The third-order valence-electron chi connectivity index (χ3n) is 4.80. The summed E-state index contributed by atoms with van der Waals surface area (Å²) in [5.74, 6) is -1.19. The Morgan fingerprint density at radius 3 is 2.34 bits per heavy atom. The lowest BCUT2D eigenvalue weighted by atomic mass is 9.86. The quantitative estimate of drug-likeness (QED) is 0.330. The van der Waals surface area contributed by atoms with E-state index in [-0.39, 0.29) is 24.4 Å². The molecular formula is C19H31N5O5. The number of rotatable bonds is 4. The summed E-state index contributed by atoms with van der Waals surface area (Å²) >= 11 is 0. The Balaban J connectivity index is 2.23. The monoisotopic (exact) mass is 409 g/mol. The van der Waals surface area contributed by atoms with Gasteiger partial charge in [-0.1, -0.05) is 5.11 Å². The van der Waals surface area contributed by atoms with Crippen LogP contribution in [0.5, 0.6) is 0 Å². The molecule has 10 nitrogen and oxygen atoms in total. The number of ether oxygens (including phenoxy) is 2. The van der Waals surface area contributed by atoms with Crippen molar-refractivity contribution in [1.29, 1.82) is 0 Å². The largest absolute Gasteiger partial charge is 0.458 e. The number of carbonyl (C=O) groups is 3. The van der Waals surface area contributed by atoms with E-state index in [1.54, 1.807) is 41.5 Å². The molecule has 2 aliphatic heterocycles. The van der Waals surface area contributed by atoms with E-state index in [1.807, 2.05) is 0 Å². The Labute approximate surface area is 170 Å². The number of alkyl carbamates (subject to hydrolysis) is 1. The molecule has 2 aliphatic rings. The molecule has 2 amide bonds. The van der Waals surface area contributed by atoms with E-state index in [0.29, 0.717) is 19.3 Å². The molecule has 0 aliphatic carbocycles. The van der Waals surface area contributed by atoms with Crippen molar-refractivity contribution in [2.45, 2.75) is 90.1 Å². The summed E-state index contributed by atoms with van der Waals surface area (Å²) in [5, 5.41) is 6.22. The van der Waals surface area contributed by atoms with Crippen LogP contribution in [0.3, 0.4) is 0 Å². The number of nitrogens with zero attached hydrogens (tertiary/aromatic N) is 4. The lowest BCUT2D eigenvalue weighted by Gasteiger charge is -2.42. The fraction of sp³-hybridized carbons (Fsp3) is 0.842. The first kappa shape index (κ1) is 22.8. The van der Waals surface area contributed by atoms with Gasteiger partial charge in [0.2, 0.25) is 5.91 Å². The van der Waals surface area contributed by atoms with E-state index in [0.717, 1.165) is 0 Å². The third-order valence-corrected chi connectivity index (χ3v) is 4.80. The van der Waals surface area contributed by atoms with Crippen LogP contribution in [0, 0.1) is 5.92 Å². The standard InChI is InChI=1S/C19H31N5O5/c1-18(2,3)28-16(26)13-8-7-12-9-11(10-21-23-20)14(15(25)24(12)13)22-17(27)29-19(4,5)6/h11-14H,7-10H2,1-6H3,(H,22,27)/t11-,12?,13-,14+/m0/s1. The molecule has 0 saturated carbocycles. The van der Waals surface area contributed by atoms with Gasteiger partial charge in [0.25, 0.3) is 0 Å². The molecule has 2 rings (SSSR count). The van der Waals surface area contributed by atoms with Gasteiger partial charge in [0, 0.05) is 17.5 Å². The van der Waals surface area contributed by atoms with E-state index in [4.69, 9.17) is 15.0 Å². The molecule has 0 aromatic carbocycles. The number of nitrogens with one attached hydrogen (secondary N) is 1. The van der Waals surface area contributed by atoms with E-state index in [9.17, 15) is 14.4 Å². The van der Waals surface area contributed by atoms with Gasteiger partial charge in [-0.05, 0) is 72.3 Å². The van der Waals surface area contributed by atoms with Gasteiger partial charge in [0.15, 0.2) is 0 Å². The Morgan fingerprint density at radius 1 is 1.17 bits per heavy atom. The summed E-state index contributed by atoms with van der Waals surface area (Å²) in [6, 6.07) is -1.78. The minimum absolute atomic E-state index is 0.0736. The first-order valence-electron chi connectivity index (χ1n) is 9.88. The highest BCUT2D eigenvalue weighted by molar-refractivity contribution is 5.91. The molecule has 0 aromatic rings. The zero-order chi connectivity index (χ0) is 22.0. The maximum absolute atomic E-state index is 13.3. The van der Waals surface area contributed by atoms with Crippen LogP contribution in [-0.4, -0.2) is 58.7 Å². The lowest BCUT2D eigenvalue weighted by Crippen LogP contribution is -2.62. The number of piperidine rings is 1.